The van der Waals surface area contributed by atoms with Gasteiger partial charge in [0.15, 0.2) is 12.4 Å². The lowest BCUT2D eigenvalue weighted by atomic mass is 10.2. The van der Waals surface area contributed by atoms with Gasteiger partial charge in [-0.15, -0.1) is 0 Å². The second-order valence-corrected chi connectivity index (χ2v) is 6.87. The molecule has 1 amide bonds. The van der Waals surface area contributed by atoms with Gasteiger partial charge in [-0.3, -0.25) is 9.59 Å². The molecule has 8 heteroatoms. The van der Waals surface area contributed by atoms with E-state index in [1.165, 1.54) is 24.3 Å². The van der Waals surface area contributed by atoms with Crippen LogP contribution >= 0.6 is 11.6 Å². The van der Waals surface area contributed by atoms with Crippen LogP contribution < -0.4 is 25.3 Å². The number of hydrogen-bond acceptors (Lipinski definition) is 5. The molecule has 1 aromatic carbocycles. The van der Waals surface area contributed by atoms with E-state index in [4.69, 9.17) is 20.8 Å². The third-order valence-corrected chi connectivity index (χ3v) is 4.79. The molecule has 144 valence electrons. The fourth-order valence-electron chi connectivity index (χ4n) is 3.03. The zero-order chi connectivity index (χ0) is 19.2. The SMILES string of the molecule is CNC(=O)COc1coc(C[NH+]2CCN(c3cccc(Cl)c3)CC2)cc1=O. The number of carbonyl (C=O) groups excluding carboxylic acids is 1. The molecule has 1 aliphatic heterocycles. The zero-order valence-electron chi connectivity index (χ0n) is 15.2. The van der Waals surface area contributed by atoms with Crippen molar-refractivity contribution in [1.82, 2.24) is 5.32 Å². The highest BCUT2D eigenvalue weighted by Crippen LogP contribution is 2.19. The van der Waals surface area contributed by atoms with Crippen molar-refractivity contribution in [3.05, 3.63) is 57.6 Å². The van der Waals surface area contributed by atoms with E-state index in [0.29, 0.717) is 12.3 Å². The van der Waals surface area contributed by atoms with Gasteiger partial charge in [-0.05, 0) is 18.2 Å². The number of ether oxygens (including phenoxy) is 1. The fraction of sp³-hybridized carbons (Fsp3) is 0.368. The number of nitrogens with one attached hydrogen (secondary N) is 2. The normalized spacial score (nSPS) is 14.8. The van der Waals surface area contributed by atoms with E-state index in [9.17, 15) is 9.59 Å². The Morgan fingerprint density at radius 2 is 2.11 bits per heavy atom. The summed E-state index contributed by atoms with van der Waals surface area (Å²) in [4.78, 5) is 26.9. The summed E-state index contributed by atoms with van der Waals surface area (Å²) < 4.78 is 10.7. The maximum atomic E-state index is 12.1. The van der Waals surface area contributed by atoms with Crippen LogP contribution in [0, 0.1) is 0 Å². The lowest BCUT2D eigenvalue weighted by Gasteiger charge is -2.33. The number of piperazine rings is 1. The first-order valence-corrected chi connectivity index (χ1v) is 9.22. The van der Waals surface area contributed by atoms with Gasteiger partial charge >= 0.3 is 0 Å². The molecule has 1 fully saturated rings. The number of likely N-dealkylation sites (N-methyl/N-ethyl adjacent to an activating group) is 1. The molecule has 0 unspecified atom stereocenters. The quantitative estimate of drug-likeness (QED) is 0.740. The number of hydrogen-bond donors (Lipinski definition) is 2. The summed E-state index contributed by atoms with van der Waals surface area (Å²) in [7, 11) is 1.51. The number of carbonyl (C=O) groups is 1. The topological polar surface area (TPSA) is 76.2 Å². The fourth-order valence-corrected chi connectivity index (χ4v) is 3.21. The number of amides is 1. The summed E-state index contributed by atoms with van der Waals surface area (Å²) in [6.07, 6.45) is 1.28. The van der Waals surface area contributed by atoms with Crippen LogP contribution in [0.1, 0.15) is 5.76 Å². The molecular formula is C19H23ClN3O4+. The molecular weight excluding hydrogens is 370 g/mol. The van der Waals surface area contributed by atoms with Crippen LogP contribution in [0.15, 0.2) is 45.8 Å². The standard InChI is InChI=1S/C19H22ClN3O4/c1-21-19(25)13-27-18-12-26-16(10-17(18)24)11-22-5-7-23(8-6-22)15-4-2-3-14(20)9-15/h2-4,9-10,12H,5-8,11,13H2,1H3,(H,21,25)/p+1. The van der Waals surface area contributed by atoms with Crippen LogP contribution in [0.25, 0.3) is 0 Å². The average molecular weight is 393 g/mol. The lowest BCUT2D eigenvalue weighted by Crippen LogP contribution is -3.13. The Morgan fingerprint density at radius 3 is 2.78 bits per heavy atom. The number of nitrogens with zero attached hydrogens (tertiary/aromatic N) is 1. The van der Waals surface area contributed by atoms with Crippen molar-refractivity contribution in [3.8, 4) is 5.75 Å². The molecule has 0 radical (unpaired) electrons. The molecule has 0 aliphatic carbocycles. The number of quaternary nitrogens is 1. The van der Waals surface area contributed by atoms with Crippen molar-refractivity contribution < 1.29 is 18.8 Å². The average Bonchev–Trinajstić information content (AvgIpc) is 2.67. The van der Waals surface area contributed by atoms with Gasteiger partial charge in [-0.1, -0.05) is 17.7 Å². The van der Waals surface area contributed by atoms with Gasteiger partial charge in [0.25, 0.3) is 5.91 Å². The summed E-state index contributed by atoms with van der Waals surface area (Å²) >= 11 is 6.07. The van der Waals surface area contributed by atoms with Gasteiger partial charge in [0, 0.05) is 23.8 Å². The molecule has 2 aromatic rings. The third kappa shape index (κ3) is 5.24. The maximum absolute atomic E-state index is 12.1. The Bertz CT molecular complexity index is 847. The molecule has 0 bridgehead atoms. The minimum Gasteiger partial charge on any atom is -0.477 e. The van der Waals surface area contributed by atoms with E-state index in [2.05, 4.69) is 16.3 Å². The zero-order valence-corrected chi connectivity index (χ0v) is 15.9. The van der Waals surface area contributed by atoms with Gasteiger partial charge < -0.3 is 24.3 Å². The highest BCUT2D eigenvalue weighted by Gasteiger charge is 2.21. The van der Waals surface area contributed by atoms with Crippen molar-refractivity contribution in [2.24, 2.45) is 0 Å². The molecule has 3 rings (SSSR count). The monoisotopic (exact) mass is 392 g/mol. The number of rotatable bonds is 6. The van der Waals surface area contributed by atoms with Crippen molar-refractivity contribution in [1.29, 1.82) is 0 Å². The minimum absolute atomic E-state index is 0.0446. The molecule has 7 nitrogen and oxygen atoms in total. The second kappa shape index (κ2) is 8.92. The largest absolute Gasteiger partial charge is 0.477 e. The van der Waals surface area contributed by atoms with Gasteiger partial charge in [-0.2, -0.15) is 0 Å². The Labute approximate surface area is 162 Å². The molecule has 0 atom stereocenters. The molecule has 1 aliphatic rings. The Morgan fingerprint density at radius 1 is 1.33 bits per heavy atom. The molecule has 0 saturated carbocycles. The van der Waals surface area contributed by atoms with E-state index >= 15 is 0 Å². The van der Waals surface area contributed by atoms with Crippen molar-refractivity contribution >= 4 is 23.2 Å². The van der Waals surface area contributed by atoms with E-state index in [1.54, 1.807) is 0 Å². The predicted octanol–water partition coefficient (Wildman–Crippen LogP) is 0.323. The molecule has 1 aromatic heterocycles. The summed E-state index contributed by atoms with van der Waals surface area (Å²) in [5.74, 6) is 0.349. The van der Waals surface area contributed by atoms with Crippen LogP contribution in [-0.2, 0) is 11.3 Å². The van der Waals surface area contributed by atoms with Crippen LogP contribution in [-0.4, -0.2) is 45.7 Å². The lowest BCUT2D eigenvalue weighted by molar-refractivity contribution is -0.915. The van der Waals surface area contributed by atoms with Crippen LogP contribution in [0.4, 0.5) is 5.69 Å². The second-order valence-electron chi connectivity index (χ2n) is 6.43. The number of halogens is 1. The number of benzene rings is 1. The first kappa shape index (κ1) is 19.3. The van der Waals surface area contributed by atoms with E-state index in [-0.39, 0.29) is 23.7 Å². The third-order valence-electron chi connectivity index (χ3n) is 4.56. The summed E-state index contributed by atoms with van der Waals surface area (Å²) in [6.45, 7) is 4.11. The van der Waals surface area contributed by atoms with Gasteiger partial charge in [-0.25, -0.2) is 0 Å². The number of anilines is 1. The van der Waals surface area contributed by atoms with E-state index < -0.39 is 0 Å². The molecule has 27 heavy (non-hydrogen) atoms. The predicted molar refractivity (Wildman–Crippen MR) is 103 cm³/mol. The molecule has 0 spiro atoms. The first-order chi connectivity index (χ1) is 13.0. The van der Waals surface area contributed by atoms with Gasteiger partial charge in [0.2, 0.25) is 11.2 Å². The minimum atomic E-state index is -0.305. The smallest absolute Gasteiger partial charge is 0.257 e. The van der Waals surface area contributed by atoms with E-state index in [1.807, 2.05) is 18.2 Å². The Hall–Kier alpha value is -2.51. The Kier molecular flexibility index (Phi) is 6.36. The first-order valence-electron chi connectivity index (χ1n) is 8.84. The van der Waals surface area contributed by atoms with Gasteiger partial charge in [0.1, 0.15) is 12.8 Å². The summed E-state index contributed by atoms with van der Waals surface area (Å²) in [6, 6.07) is 9.31. The van der Waals surface area contributed by atoms with E-state index in [0.717, 1.165) is 36.9 Å². The molecule has 1 saturated heterocycles. The highest BCUT2D eigenvalue weighted by atomic mass is 35.5. The van der Waals surface area contributed by atoms with Crippen molar-refractivity contribution in [2.75, 3.05) is 44.7 Å². The maximum Gasteiger partial charge on any atom is 0.257 e. The molecule has 2 heterocycles. The summed E-state index contributed by atoms with van der Waals surface area (Å²) in [5, 5.41) is 3.17. The highest BCUT2D eigenvalue weighted by molar-refractivity contribution is 6.30. The van der Waals surface area contributed by atoms with Crippen LogP contribution in [0.2, 0.25) is 5.02 Å². The Balaban J connectivity index is 1.53. The summed E-state index contributed by atoms with van der Waals surface area (Å²) in [5.41, 5.74) is 0.850. The van der Waals surface area contributed by atoms with Gasteiger partial charge in [0.05, 0.1) is 26.2 Å². The van der Waals surface area contributed by atoms with Crippen LogP contribution in [0.3, 0.4) is 0 Å². The van der Waals surface area contributed by atoms with Crippen LogP contribution in [0.5, 0.6) is 5.75 Å². The van der Waals surface area contributed by atoms with Crippen molar-refractivity contribution in [2.45, 2.75) is 6.54 Å². The van der Waals surface area contributed by atoms with Crippen molar-refractivity contribution in [3.63, 3.8) is 0 Å². The molecule has 2 N–H and O–H groups in total.